The smallest absolute Gasteiger partial charge is 0.309 e. The van der Waals surface area contributed by atoms with Crippen LogP contribution in [0.2, 0.25) is 5.02 Å². The summed E-state index contributed by atoms with van der Waals surface area (Å²) in [6.45, 7) is 0.305. The van der Waals surface area contributed by atoms with Crippen LogP contribution < -0.4 is 0 Å². The molecular weight excluding hydrogens is 457 g/mol. The molecule has 5 rings (SSSR count). The second-order valence-corrected chi connectivity index (χ2v) is 8.80. The van der Waals surface area contributed by atoms with Crippen molar-refractivity contribution in [1.82, 2.24) is 19.6 Å². The van der Waals surface area contributed by atoms with Gasteiger partial charge in [-0.25, -0.2) is 0 Å². The summed E-state index contributed by atoms with van der Waals surface area (Å²) in [6.07, 6.45) is 1.87. The zero-order valence-corrected chi connectivity index (χ0v) is 18.5. The van der Waals surface area contributed by atoms with Crippen molar-refractivity contribution in [2.75, 3.05) is 13.1 Å². The number of rotatable bonds is 2. The van der Waals surface area contributed by atoms with Crippen molar-refractivity contribution < 1.29 is 22.8 Å². The number of aryl methyl sites for hydroxylation is 1. The Labute approximate surface area is 192 Å². The van der Waals surface area contributed by atoms with Gasteiger partial charge in [0.1, 0.15) is 5.66 Å². The number of carbonyl (C=O) groups is 2. The number of alkyl halides is 3. The number of amides is 2. The molecule has 2 fully saturated rings. The zero-order valence-electron chi connectivity index (χ0n) is 17.7. The lowest BCUT2D eigenvalue weighted by molar-refractivity contribution is -0.144. The monoisotopic (exact) mass is 476 g/mol. The number of fused-ring (bicyclic) bond motifs is 2. The molecule has 6 nitrogen and oxygen atoms in total. The Bertz CT molecular complexity index is 1220. The largest absolute Gasteiger partial charge is 0.433 e. The minimum atomic E-state index is -4.76. The van der Waals surface area contributed by atoms with Gasteiger partial charge in [0.25, 0.3) is 11.8 Å². The molecule has 172 valence electrons. The van der Waals surface area contributed by atoms with Gasteiger partial charge < -0.3 is 9.80 Å². The molecule has 3 aliphatic rings. The fourth-order valence-corrected chi connectivity index (χ4v) is 5.31. The fourth-order valence-electron chi connectivity index (χ4n) is 5.18. The van der Waals surface area contributed by atoms with Crippen molar-refractivity contribution in [2.45, 2.75) is 31.1 Å². The Morgan fingerprint density at radius 2 is 1.82 bits per heavy atom. The topological polar surface area (TPSA) is 58.4 Å². The number of nitrogens with zero attached hydrogens (tertiary/aromatic N) is 4. The van der Waals surface area contributed by atoms with Crippen molar-refractivity contribution in [1.29, 1.82) is 0 Å². The van der Waals surface area contributed by atoms with E-state index in [4.69, 9.17) is 11.6 Å². The Kier molecular flexibility index (Phi) is 4.93. The molecule has 0 radical (unpaired) electrons. The molecule has 10 heteroatoms. The maximum atomic E-state index is 13.7. The van der Waals surface area contributed by atoms with E-state index in [2.05, 4.69) is 5.10 Å². The van der Waals surface area contributed by atoms with Crippen molar-refractivity contribution in [3.8, 4) is 0 Å². The third kappa shape index (κ3) is 3.20. The van der Waals surface area contributed by atoms with E-state index in [9.17, 15) is 22.8 Å². The maximum absolute atomic E-state index is 13.7. The summed E-state index contributed by atoms with van der Waals surface area (Å²) in [5, 5.41) is 4.17. The Hall–Kier alpha value is -3.07. The summed E-state index contributed by atoms with van der Waals surface area (Å²) in [5.74, 6) is -1.04. The SMILES string of the molecule is Cn1ncc(C(=O)N2CCN3C(=O)C4=CCCC=C4CC32c2ccc(Cl)cc2)c1C(F)(F)F. The van der Waals surface area contributed by atoms with Crippen LogP contribution >= 0.6 is 11.6 Å². The number of carbonyl (C=O) groups excluding carboxylic acids is 2. The standard InChI is InChI=1S/C23H20ClF3N4O2/c1-29-19(23(25,26)27)18(13-28-29)21(33)31-11-10-30-20(32)17-5-3-2-4-14(17)12-22(30,31)15-6-8-16(24)9-7-15/h4-9,13H,2-3,10-12H2,1H3. The van der Waals surface area contributed by atoms with Crippen LogP contribution in [0.3, 0.4) is 0 Å². The lowest BCUT2D eigenvalue weighted by atomic mass is 9.80. The van der Waals surface area contributed by atoms with Crippen molar-refractivity contribution in [2.24, 2.45) is 7.05 Å². The van der Waals surface area contributed by atoms with Crippen LogP contribution in [-0.4, -0.2) is 44.5 Å². The summed E-state index contributed by atoms with van der Waals surface area (Å²) in [6, 6.07) is 6.75. The normalized spacial score (nSPS) is 22.6. The highest BCUT2D eigenvalue weighted by molar-refractivity contribution is 6.30. The molecule has 0 N–H and O–H groups in total. The molecule has 2 saturated heterocycles. The summed E-state index contributed by atoms with van der Waals surface area (Å²) in [5.41, 5.74) is -0.868. The number of piperidine rings is 1. The molecule has 1 aliphatic carbocycles. The van der Waals surface area contributed by atoms with Gasteiger partial charge in [0.2, 0.25) is 0 Å². The van der Waals surface area contributed by atoms with Crippen LogP contribution in [0.5, 0.6) is 0 Å². The number of benzene rings is 1. The minimum absolute atomic E-state index is 0.0972. The first kappa shape index (κ1) is 21.8. The van der Waals surface area contributed by atoms with Gasteiger partial charge in [-0.2, -0.15) is 18.3 Å². The van der Waals surface area contributed by atoms with Gasteiger partial charge in [-0.1, -0.05) is 35.9 Å². The highest BCUT2D eigenvalue weighted by Gasteiger charge is 2.57. The quantitative estimate of drug-likeness (QED) is 0.650. The maximum Gasteiger partial charge on any atom is 0.433 e. The van der Waals surface area contributed by atoms with Crippen LogP contribution in [0.15, 0.2) is 53.8 Å². The molecule has 2 aliphatic heterocycles. The van der Waals surface area contributed by atoms with Gasteiger partial charge in [0.05, 0.1) is 11.8 Å². The number of halogens is 4. The fraction of sp³-hybridized carbons (Fsp3) is 0.348. The highest BCUT2D eigenvalue weighted by Crippen LogP contribution is 2.50. The first-order valence-electron chi connectivity index (χ1n) is 10.5. The second kappa shape index (κ2) is 7.48. The average Bonchev–Trinajstić information content (AvgIpc) is 3.35. The number of hydrogen-bond acceptors (Lipinski definition) is 3. The second-order valence-electron chi connectivity index (χ2n) is 8.37. The molecule has 3 heterocycles. The lowest BCUT2D eigenvalue weighted by Crippen LogP contribution is -2.58. The van der Waals surface area contributed by atoms with Crippen LogP contribution in [-0.2, 0) is 23.7 Å². The summed E-state index contributed by atoms with van der Waals surface area (Å²) >= 11 is 6.08. The Morgan fingerprint density at radius 3 is 2.52 bits per heavy atom. The molecule has 0 spiro atoms. The Morgan fingerprint density at radius 1 is 1.12 bits per heavy atom. The summed E-state index contributed by atoms with van der Waals surface area (Å²) in [4.78, 5) is 30.1. The molecule has 0 saturated carbocycles. The van der Waals surface area contributed by atoms with Gasteiger partial charge in [-0.05, 0) is 36.1 Å². The van der Waals surface area contributed by atoms with E-state index in [1.807, 2.05) is 12.2 Å². The van der Waals surface area contributed by atoms with E-state index in [1.54, 1.807) is 29.2 Å². The molecular formula is C23H20ClF3N4O2. The first-order valence-corrected chi connectivity index (χ1v) is 10.9. The first-order chi connectivity index (χ1) is 15.6. The average molecular weight is 477 g/mol. The Balaban J connectivity index is 1.68. The molecule has 1 atom stereocenters. The molecule has 1 aromatic carbocycles. The van der Waals surface area contributed by atoms with Gasteiger partial charge >= 0.3 is 6.18 Å². The van der Waals surface area contributed by atoms with Gasteiger partial charge in [-0.15, -0.1) is 0 Å². The number of hydrogen-bond donors (Lipinski definition) is 0. The van der Waals surface area contributed by atoms with E-state index in [0.29, 0.717) is 27.3 Å². The molecule has 2 aromatic rings. The van der Waals surface area contributed by atoms with Crippen LogP contribution in [0.1, 0.15) is 40.9 Å². The van der Waals surface area contributed by atoms with Gasteiger partial charge in [0.15, 0.2) is 5.69 Å². The summed E-state index contributed by atoms with van der Waals surface area (Å²) < 4.78 is 41.9. The third-order valence-electron chi connectivity index (χ3n) is 6.59. The van der Waals surface area contributed by atoms with E-state index in [1.165, 1.54) is 4.90 Å². The molecule has 1 aromatic heterocycles. The third-order valence-corrected chi connectivity index (χ3v) is 6.85. The van der Waals surface area contributed by atoms with Gasteiger partial charge in [-0.3, -0.25) is 14.3 Å². The van der Waals surface area contributed by atoms with Gasteiger partial charge in [0, 0.05) is 37.2 Å². The van der Waals surface area contributed by atoms with E-state index < -0.39 is 29.0 Å². The number of allylic oxidation sites excluding steroid dienone is 2. The highest BCUT2D eigenvalue weighted by atomic mass is 35.5. The zero-order chi connectivity index (χ0) is 23.5. The molecule has 2 amide bonds. The predicted octanol–water partition coefficient (Wildman–Crippen LogP) is 4.28. The van der Waals surface area contributed by atoms with Crippen molar-refractivity contribution in [3.05, 3.63) is 75.6 Å². The van der Waals surface area contributed by atoms with E-state index in [-0.39, 0.29) is 19.0 Å². The van der Waals surface area contributed by atoms with Crippen LogP contribution in [0.25, 0.3) is 0 Å². The van der Waals surface area contributed by atoms with Crippen LogP contribution in [0, 0.1) is 0 Å². The lowest BCUT2D eigenvalue weighted by Gasteiger charge is -2.48. The van der Waals surface area contributed by atoms with Crippen LogP contribution in [0.4, 0.5) is 13.2 Å². The molecule has 1 unspecified atom stereocenters. The van der Waals surface area contributed by atoms with Crippen molar-refractivity contribution in [3.63, 3.8) is 0 Å². The summed E-state index contributed by atoms with van der Waals surface area (Å²) in [7, 11) is 1.15. The predicted molar refractivity (Wildman–Crippen MR) is 114 cm³/mol. The van der Waals surface area contributed by atoms with Crippen molar-refractivity contribution >= 4 is 23.4 Å². The molecule has 0 bridgehead atoms. The minimum Gasteiger partial charge on any atom is -0.309 e. The molecule has 33 heavy (non-hydrogen) atoms. The van der Waals surface area contributed by atoms with E-state index in [0.717, 1.165) is 31.7 Å². The number of aromatic nitrogens is 2. The van der Waals surface area contributed by atoms with E-state index >= 15 is 0 Å².